The van der Waals surface area contributed by atoms with Gasteiger partial charge in [0.05, 0.1) is 12.2 Å². The average Bonchev–Trinajstić information content (AvgIpc) is 2.45. The Hall–Kier alpha value is 0.520. The van der Waals surface area contributed by atoms with Crippen molar-refractivity contribution in [3.63, 3.8) is 0 Å². The molecule has 4 heteroatoms. The normalized spacial score (nSPS) is 40.0. The van der Waals surface area contributed by atoms with E-state index in [-0.39, 0.29) is 5.41 Å². The monoisotopic (exact) mass is 372 g/mol. The van der Waals surface area contributed by atoms with Crippen LogP contribution in [-0.2, 0) is 4.52 Å². The second kappa shape index (κ2) is 8.04. The highest BCUT2D eigenvalue weighted by atomic mass is 32.0. The zero-order chi connectivity index (χ0) is 18.0. The Morgan fingerprint density at radius 3 is 2.62 bits per heavy atom. The summed E-state index contributed by atoms with van der Waals surface area (Å²) < 4.78 is 5.43. The summed E-state index contributed by atoms with van der Waals surface area (Å²) in [6, 6.07) is 0. The maximum Gasteiger partial charge on any atom is 0.0693 e. The summed E-state index contributed by atoms with van der Waals surface area (Å²) >= 11 is 0. The van der Waals surface area contributed by atoms with Gasteiger partial charge in [-0.15, -0.1) is 0 Å². The molecule has 2 saturated carbocycles. The van der Waals surface area contributed by atoms with Crippen LogP contribution in [0.2, 0.25) is 0 Å². The first-order valence-corrected chi connectivity index (χ1v) is 12.3. The molecule has 2 unspecified atom stereocenters. The molecule has 2 aliphatic carbocycles. The molecule has 0 radical (unpaired) electrons. The maximum absolute atomic E-state index is 11.2. The minimum absolute atomic E-state index is 0.279. The number of rotatable bonds is 6. The number of hydrogen-bond acceptors (Lipinski definition) is 2. The van der Waals surface area contributed by atoms with Gasteiger partial charge in [0.15, 0.2) is 0 Å². The van der Waals surface area contributed by atoms with Crippen LogP contribution in [0.4, 0.5) is 0 Å². The summed E-state index contributed by atoms with van der Waals surface area (Å²) in [5.41, 5.74) is 1.58. The molecular weight excluding hydrogens is 334 g/mol. The van der Waals surface area contributed by atoms with Crippen molar-refractivity contribution in [1.29, 1.82) is 0 Å². The van der Waals surface area contributed by atoms with E-state index in [0.29, 0.717) is 26.4 Å². The molecule has 2 nitrogen and oxygen atoms in total. The minimum Gasteiger partial charge on any atom is -0.390 e. The summed E-state index contributed by atoms with van der Waals surface area (Å²) in [5.74, 6) is 1.14. The van der Waals surface area contributed by atoms with Gasteiger partial charge < -0.3 is 9.63 Å². The van der Waals surface area contributed by atoms with Crippen molar-refractivity contribution in [1.82, 2.24) is 0 Å². The SMILES string of the molecule is C/C(=C\COPP)CC[C@@H]1[C@@]2(C)CCCC(C)(C)[C@@H]2CC[C@@]1(C)O. The molecule has 0 aromatic rings. The molecule has 2 fully saturated rings. The molecule has 0 amide bonds. The molecule has 2 aliphatic rings. The zero-order valence-electron chi connectivity index (χ0n) is 16.3. The first-order valence-electron chi connectivity index (χ1n) is 9.59. The molecule has 0 aromatic heterocycles. The summed E-state index contributed by atoms with van der Waals surface area (Å²) in [6.07, 6.45) is 10.5. The molecule has 0 aliphatic heterocycles. The Morgan fingerprint density at radius 2 is 1.96 bits per heavy atom. The highest BCUT2D eigenvalue weighted by Gasteiger charge is 2.57. The van der Waals surface area contributed by atoms with Crippen LogP contribution < -0.4 is 0 Å². The second-order valence-electron chi connectivity index (χ2n) is 9.37. The molecular formula is C20H38O2P2. The van der Waals surface area contributed by atoms with Crippen molar-refractivity contribution in [3.8, 4) is 0 Å². The zero-order valence-corrected chi connectivity index (χ0v) is 18.5. The summed E-state index contributed by atoms with van der Waals surface area (Å²) in [4.78, 5) is 0. The van der Waals surface area contributed by atoms with E-state index in [2.05, 4.69) is 49.6 Å². The third kappa shape index (κ3) is 4.43. The van der Waals surface area contributed by atoms with Gasteiger partial charge in [0.25, 0.3) is 0 Å². The predicted octanol–water partition coefficient (Wildman–Crippen LogP) is 6.11. The van der Waals surface area contributed by atoms with Gasteiger partial charge in [-0.1, -0.05) is 47.8 Å². The molecule has 0 bridgehead atoms. The molecule has 0 spiro atoms. The molecule has 6 atom stereocenters. The highest BCUT2D eigenvalue weighted by molar-refractivity contribution is 8.00. The Bertz CT molecular complexity index is 459. The van der Waals surface area contributed by atoms with Gasteiger partial charge in [-0.05, 0) is 75.0 Å². The lowest BCUT2D eigenvalue weighted by Crippen LogP contribution is -2.57. The van der Waals surface area contributed by atoms with Crippen molar-refractivity contribution in [3.05, 3.63) is 11.6 Å². The Labute approximate surface area is 153 Å². The van der Waals surface area contributed by atoms with Crippen LogP contribution in [0, 0.1) is 22.7 Å². The van der Waals surface area contributed by atoms with E-state index >= 15 is 0 Å². The van der Waals surface area contributed by atoms with E-state index < -0.39 is 5.60 Å². The van der Waals surface area contributed by atoms with Crippen LogP contribution in [0.1, 0.15) is 79.6 Å². The fraction of sp³-hybridized carbons (Fsp3) is 0.900. The van der Waals surface area contributed by atoms with Crippen molar-refractivity contribution >= 4 is 17.4 Å². The topological polar surface area (TPSA) is 29.5 Å². The molecule has 2 rings (SSSR count). The van der Waals surface area contributed by atoms with Crippen LogP contribution in [0.3, 0.4) is 0 Å². The third-order valence-electron chi connectivity index (χ3n) is 7.19. The summed E-state index contributed by atoms with van der Waals surface area (Å²) in [5, 5.41) is 11.2. The third-order valence-corrected chi connectivity index (χ3v) is 8.02. The lowest BCUT2D eigenvalue weighted by Gasteiger charge is -2.61. The number of hydrogen-bond donors (Lipinski definition) is 1. The largest absolute Gasteiger partial charge is 0.390 e. The van der Waals surface area contributed by atoms with Crippen molar-refractivity contribution in [2.75, 3.05) is 6.61 Å². The Balaban J connectivity index is 2.13. The van der Waals surface area contributed by atoms with Gasteiger partial charge in [0.1, 0.15) is 0 Å². The summed E-state index contributed by atoms with van der Waals surface area (Å²) in [7, 11) is 3.10. The number of fused-ring (bicyclic) bond motifs is 1. The molecule has 0 aromatic carbocycles. The first kappa shape index (κ1) is 20.8. The van der Waals surface area contributed by atoms with E-state index in [4.69, 9.17) is 4.52 Å². The van der Waals surface area contributed by atoms with E-state index in [1.54, 1.807) is 0 Å². The van der Waals surface area contributed by atoms with Crippen LogP contribution in [0.15, 0.2) is 11.6 Å². The minimum atomic E-state index is -0.517. The van der Waals surface area contributed by atoms with Gasteiger partial charge in [0.2, 0.25) is 0 Å². The molecule has 0 saturated heterocycles. The smallest absolute Gasteiger partial charge is 0.0693 e. The average molecular weight is 372 g/mol. The first-order chi connectivity index (χ1) is 11.1. The van der Waals surface area contributed by atoms with Crippen LogP contribution in [0.25, 0.3) is 0 Å². The Kier molecular flexibility index (Phi) is 6.98. The highest BCUT2D eigenvalue weighted by Crippen LogP contribution is 2.62. The quantitative estimate of drug-likeness (QED) is 0.346. The van der Waals surface area contributed by atoms with E-state index in [1.165, 1.54) is 31.3 Å². The van der Waals surface area contributed by atoms with Gasteiger partial charge >= 0.3 is 0 Å². The number of allylic oxidation sites excluding steroid dienone is 1. The van der Waals surface area contributed by atoms with Crippen molar-refractivity contribution in [2.24, 2.45) is 22.7 Å². The van der Waals surface area contributed by atoms with E-state index in [9.17, 15) is 5.11 Å². The molecule has 1 N–H and O–H groups in total. The van der Waals surface area contributed by atoms with Crippen molar-refractivity contribution in [2.45, 2.75) is 85.2 Å². The lowest BCUT2D eigenvalue weighted by atomic mass is 9.45. The molecule has 24 heavy (non-hydrogen) atoms. The van der Waals surface area contributed by atoms with Crippen molar-refractivity contribution < 1.29 is 9.63 Å². The second-order valence-corrected chi connectivity index (χ2v) is 10.6. The standard InChI is InChI=1S/C20H38O2P2/c1-15(10-14-22-24-23)7-8-17-19(4)12-6-11-18(2,3)16(19)9-13-20(17,5)21/h10,16-17,21,24H,6-9,11-14,23H2,1-5H3/b15-10+/t16-,17+,19-,20+/m0/s1. The van der Waals surface area contributed by atoms with E-state index in [1.807, 2.05) is 0 Å². The van der Waals surface area contributed by atoms with Crippen LogP contribution in [-0.4, -0.2) is 17.3 Å². The predicted molar refractivity (Wildman–Crippen MR) is 110 cm³/mol. The Morgan fingerprint density at radius 1 is 1.25 bits per heavy atom. The van der Waals surface area contributed by atoms with Crippen LogP contribution in [0.5, 0.6) is 0 Å². The van der Waals surface area contributed by atoms with Crippen LogP contribution >= 0.6 is 17.4 Å². The fourth-order valence-electron chi connectivity index (χ4n) is 5.97. The van der Waals surface area contributed by atoms with Gasteiger partial charge in [-0.3, -0.25) is 0 Å². The summed E-state index contributed by atoms with van der Waals surface area (Å²) in [6.45, 7) is 12.4. The fourth-order valence-corrected chi connectivity index (χ4v) is 6.44. The van der Waals surface area contributed by atoms with E-state index in [0.717, 1.165) is 25.2 Å². The maximum atomic E-state index is 11.2. The van der Waals surface area contributed by atoms with Gasteiger partial charge in [-0.25, -0.2) is 0 Å². The molecule has 0 heterocycles. The lowest BCUT2D eigenvalue weighted by molar-refractivity contribution is -0.168. The molecule has 140 valence electrons. The van der Waals surface area contributed by atoms with Gasteiger partial charge in [0, 0.05) is 8.50 Å². The number of aliphatic hydroxyl groups is 1. The van der Waals surface area contributed by atoms with Gasteiger partial charge in [-0.2, -0.15) is 0 Å².